The largest absolute Gasteiger partial charge is 0.493 e. The maximum atomic E-state index is 5.49. The molecule has 0 amide bonds. The van der Waals surface area contributed by atoms with Crippen molar-refractivity contribution in [2.45, 2.75) is 19.8 Å². The van der Waals surface area contributed by atoms with Crippen molar-refractivity contribution in [3.05, 3.63) is 29.3 Å². The molecule has 1 heterocycles. The molecule has 0 radical (unpaired) electrons. The molecule has 0 spiro atoms. The quantitative estimate of drug-likeness (QED) is 0.549. The lowest BCUT2D eigenvalue weighted by atomic mass is 9.99. The average Bonchev–Trinajstić information content (AvgIpc) is 2.34. The molecule has 2 rings (SSSR count). The first-order valence-corrected chi connectivity index (χ1v) is 4.01. The van der Waals surface area contributed by atoms with Gasteiger partial charge in [-0.3, -0.25) is 0 Å². The standard InChI is InChI=1S/C10H12O/c1-7-4-3-5-9-10(7)8(2)6-11-9/h3-5,8H,6H2,1-2H3. The van der Waals surface area contributed by atoms with E-state index in [9.17, 15) is 0 Å². The van der Waals surface area contributed by atoms with Crippen LogP contribution < -0.4 is 4.74 Å². The van der Waals surface area contributed by atoms with Gasteiger partial charge in [-0.15, -0.1) is 0 Å². The predicted octanol–water partition coefficient (Wildman–Crippen LogP) is 2.49. The van der Waals surface area contributed by atoms with Crippen LogP contribution in [-0.2, 0) is 0 Å². The van der Waals surface area contributed by atoms with Crippen LogP contribution in [0.3, 0.4) is 0 Å². The Morgan fingerprint density at radius 3 is 3.00 bits per heavy atom. The molecule has 11 heavy (non-hydrogen) atoms. The molecule has 0 saturated carbocycles. The highest BCUT2D eigenvalue weighted by Gasteiger charge is 2.20. The van der Waals surface area contributed by atoms with E-state index in [0.29, 0.717) is 5.92 Å². The maximum absolute atomic E-state index is 5.49. The lowest BCUT2D eigenvalue weighted by Gasteiger charge is -2.03. The number of benzene rings is 1. The molecule has 1 aromatic carbocycles. The van der Waals surface area contributed by atoms with Crippen LogP contribution in [0.2, 0.25) is 0 Å². The summed E-state index contributed by atoms with van der Waals surface area (Å²) in [5.74, 6) is 1.66. The van der Waals surface area contributed by atoms with Crippen molar-refractivity contribution < 1.29 is 4.74 Å². The van der Waals surface area contributed by atoms with Gasteiger partial charge in [-0.25, -0.2) is 0 Å². The third-order valence-corrected chi connectivity index (χ3v) is 2.27. The van der Waals surface area contributed by atoms with Gasteiger partial charge >= 0.3 is 0 Å². The first kappa shape index (κ1) is 6.71. The van der Waals surface area contributed by atoms with Gasteiger partial charge in [0.2, 0.25) is 0 Å². The molecule has 1 heteroatoms. The summed E-state index contributed by atoms with van der Waals surface area (Å²) in [6.45, 7) is 5.20. The zero-order valence-electron chi connectivity index (χ0n) is 6.92. The Morgan fingerprint density at radius 2 is 2.27 bits per heavy atom. The molecule has 0 fully saturated rings. The van der Waals surface area contributed by atoms with Crippen molar-refractivity contribution in [1.82, 2.24) is 0 Å². The molecule has 1 nitrogen and oxygen atoms in total. The topological polar surface area (TPSA) is 9.23 Å². The van der Waals surface area contributed by atoms with Crippen molar-refractivity contribution >= 4 is 0 Å². The first-order valence-electron chi connectivity index (χ1n) is 4.01. The molecule has 1 aliphatic rings. The molecule has 1 aromatic rings. The molecule has 1 aliphatic heterocycles. The van der Waals surface area contributed by atoms with Crippen LogP contribution in [-0.4, -0.2) is 6.61 Å². The van der Waals surface area contributed by atoms with Gasteiger partial charge < -0.3 is 4.74 Å². The molecule has 0 bridgehead atoms. The van der Waals surface area contributed by atoms with E-state index in [1.807, 2.05) is 12.1 Å². The van der Waals surface area contributed by atoms with E-state index in [1.165, 1.54) is 11.1 Å². The Bertz CT molecular complexity index is 278. The minimum atomic E-state index is 0.575. The molecule has 0 saturated heterocycles. The fourth-order valence-electron chi connectivity index (χ4n) is 1.71. The number of rotatable bonds is 0. The predicted molar refractivity (Wildman–Crippen MR) is 45.1 cm³/mol. The van der Waals surface area contributed by atoms with Crippen LogP contribution in [0, 0.1) is 6.92 Å². The summed E-state index contributed by atoms with van der Waals surface area (Å²) in [5, 5.41) is 0. The van der Waals surface area contributed by atoms with Gasteiger partial charge in [-0.1, -0.05) is 19.1 Å². The zero-order valence-corrected chi connectivity index (χ0v) is 6.92. The number of hydrogen-bond acceptors (Lipinski definition) is 1. The molecule has 1 unspecified atom stereocenters. The molecule has 58 valence electrons. The minimum absolute atomic E-state index is 0.575. The van der Waals surface area contributed by atoms with Crippen LogP contribution in [0.25, 0.3) is 0 Å². The van der Waals surface area contributed by atoms with Crippen molar-refractivity contribution in [3.8, 4) is 5.75 Å². The third-order valence-electron chi connectivity index (χ3n) is 2.27. The second kappa shape index (κ2) is 2.26. The lowest BCUT2D eigenvalue weighted by Crippen LogP contribution is -1.94. The van der Waals surface area contributed by atoms with Crippen molar-refractivity contribution in [2.24, 2.45) is 0 Å². The van der Waals surface area contributed by atoms with Crippen molar-refractivity contribution in [1.29, 1.82) is 0 Å². The number of fused-ring (bicyclic) bond motifs is 1. The number of aryl methyl sites for hydroxylation is 1. The average molecular weight is 148 g/mol. The van der Waals surface area contributed by atoms with Crippen LogP contribution in [0.15, 0.2) is 18.2 Å². The summed E-state index contributed by atoms with van der Waals surface area (Å²) in [6.07, 6.45) is 0. The summed E-state index contributed by atoms with van der Waals surface area (Å²) in [5.41, 5.74) is 2.75. The van der Waals surface area contributed by atoms with E-state index in [0.717, 1.165) is 12.4 Å². The van der Waals surface area contributed by atoms with E-state index >= 15 is 0 Å². The van der Waals surface area contributed by atoms with Gasteiger partial charge in [0.15, 0.2) is 0 Å². The van der Waals surface area contributed by atoms with Gasteiger partial charge in [0, 0.05) is 11.5 Å². The minimum Gasteiger partial charge on any atom is -0.493 e. The molecular formula is C10H12O. The van der Waals surface area contributed by atoms with E-state index in [-0.39, 0.29) is 0 Å². The highest BCUT2D eigenvalue weighted by atomic mass is 16.5. The van der Waals surface area contributed by atoms with Gasteiger partial charge in [0.1, 0.15) is 5.75 Å². The van der Waals surface area contributed by atoms with Crippen LogP contribution in [0.1, 0.15) is 24.0 Å². The van der Waals surface area contributed by atoms with Gasteiger partial charge in [0.05, 0.1) is 6.61 Å². The highest BCUT2D eigenvalue weighted by Crippen LogP contribution is 2.35. The third kappa shape index (κ3) is 0.917. The van der Waals surface area contributed by atoms with Crippen LogP contribution in [0.5, 0.6) is 5.75 Å². The van der Waals surface area contributed by atoms with E-state index < -0.39 is 0 Å². The highest BCUT2D eigenvalue weighted by molar-refractivity contribution is 5.44. The Kier molecular flexibility index (Phi) is 1.38. The Labute approximate surface area is 67.0 Å². The number of ether oxygens (including phenoxy) is 1. The summed E-state index contributed by atoms with van der Waals surface area (Å²) >= 11 is 0. The monoisotopic (exact) mass is 148 g/mol. The van der Waals surface area contributed by atoms with Crippen molar-refractivity contribution in [3.63, 3.8) is 0 Å². The SMILES string of the molecule is Cc1cccc2c1C(C)CO2. The molecule has 0 aliphatic carbocycles. The summed E-state index contributed by atoms with van der Waals surface area (Å²) in [4.78, 5) is 0. The van der Waals surface area contributed by atoms with E-state index in [1.54, 1.807) is 0 Å². The second-order valence-electron chi connectivity index (χ2n) is 3.20. The maximum Gasteiger partial charge on any atom is 0.123 e. The number of hydrogen-bond donors (Lipinski definition) is 0. The fraction of sp³-hybridized carbons (Fsp3) is 0.400. The lowest BCUT2D eigenvalue weighted by molar-refractivity contribution is 0.337. The van der Waals surface area contributed by atoms with E-state index in [4.69, 9.17) is 4.74 Å². The molecule has 1 atom stereocenters. The van der Waals surface area contributed by atoms with Gasteiger partial charge in [-0.2, -0.15) is 0 Å². The Morgan fingerprint density at radius 1 is 1.45 bits per heavy atom. The molecule has 0 aromatic heterocycles. The summed E-state index contributed by atoms with van der Waals surface area (Å²) in [7, 11) is 0. The van der Waals surface area contributed by atoms with E-state index in [2.05, 4.69) is 19.9 Å². The van der Waals surface area contributed by atoms with Gasteiger partial charge in [-0.05, 0) is 18.6 Å². The summed E-state index contributed by atoms with van der Waals surface area (Å²) in [6, 6.07) is 6.24. The summed E-state index contributed by atoms with van der Waals surface area (Å²) < 4.78 is 5.49. The molecule has 0 N–H and O–H groups in total. The Hall–Kier alpha value is -0.980. The molecular weight excluding hydrogens is 136 g/mol. The first-order chi connectivity index (χ1) is 5.29. The van der Waals surface area contributed by atoms with Crippen LogP contribution in [0.4, 0.5) is 0 Å². The van der Waals surface area contributed by atoms with Crippen molar-refractivity contribution in [2.75, 3.05) is 6.61 Å². The normalized spacial score (nSPS) is 21.1. The smallest absolute Gasteiger partial charge is 0.123 e. The zero-order chi connectivity index (χ0) is 7.84. The fourth-order valence-corrected chi connectivity index (χ4v) is 1.71. The second-order valence-corrected chi connectivity index (χ2v) is 3.20. The van der Waals surface area contributed by atoms with Crippen LogP contribution >= 0.6 is 0 Å². The Balaban J connectivity index is 2.58. The van der Waals surface area contributed by atoms with Gasteiger partial charge in [0.25, 0.3) is 0 Å².